The van der Waals surface area contributed by atoms with Gasteiger partial charge < -0.3 is 19.9 Å². The van der Waals surface area contributed by atoms with Crippen molar-refractivity contribution in [2.75, 3.05) is 19.6 Å². The summed E-state index contributed by atoms with van der Waals surface area (Å²) in [4.78, 5) is 41.9. The molecule has 1 aliphatic carbocycles. The smallest absolute Gasteiger partial charge is 0.407 e. The Kier molecular flexibility index (Phi) is 7.14. The maximum atomic E-state index is 14.4. The summed E-state index contributed by atoms with van der Waals surface area (Å²) in [5.74, 6) is -3.96. The maximum absolute atomic E-state index is 14.4. The van der Waals surface area contributed by atoms with E-state index in [1.165, 1.54) is 0 Å². The minimum absolute atomic E-state index is 0.0864. The summed E-state index contributed by atoms with van der Waals surface area (Å²) >= 11 is 0. The van der Waals surface area contributed by atoms with Gasteiger partial charge in [0.05, 0.1) is 12.1 Å². The number of hydrogen-bond acceptors (Lipinski definition) is 5. The van der Waals surface area contributed by atoms with Gasteiger partial charge in [-0.05, 0) is 58.1 Å². The number of likely N-dealkylation sites (tertiary alicyclic amines) is 2. The number of ether oxygens (including phenoxy) is 1. The van der Waals surface area contributed by atoms with Crippen molar-refractivity contribution in [3.8, 4) is 6.07 Å². The Labute approximate surface area is 213 Å². The standard InChI is InChI=1S/C26H31F3N4O4/c1-25(2,3)37-24(36)31-17(8-16-9-19(28)20(29)11-18(16)27)10-22(34)33-7-4-15-12-32(13-21(15)33)23(35)26(14-30)5-6-26/h9,11,15,17,21H,4-8,10,12-13H2,1-3H3,(H,31,36). The van der Waals surface area contributed by atoms with Gasteiger partial charge in [0.2, 0.25) is 11.8 Å². The largest absolute Gasteiger partial charge is 0.444 e. The molecule has 0 radical (unpaired) electrons. The number of benzene rings is 1. The van der Waals surface area contributed by atoms with E-state index in [0.29, 0.717) is 51.0 Å². The Bertz CT molecular complexity index is 1140. The van der Waals surface area contributed by atoms with E-state index in [4.69, 9.17) is 4.74 Å². The van der Waals surface area contributed by atoms with Crippen molar-refractivity contribution in [1.82, 2.24) is 15.1 Å². The van der Waals surface area contributed by atoms with Crippen LogP contribution in [0.4, 0.5) is 18.0 Å². The van der Waals surface area contributed by atoms with Crippen LogP contribution >= 0.6 is 0 Å². The molecular formula is C26H31F3N4O4. The predicted octanol–water partition coefficient (Wildman–Crippen LogP) is 3.29. The number of nitriles is 1. The minimum atomic E-state index is -1.33. The number of amides is 3. The summed E-state index contributed by atoms with van der Waals surface area (Å²) in [6.07, 6.45) is 0.491. The number of rotatable bonds is 6. The van der Waals surface area contributed by atoms with Crippen molar-refractivity contribution < 1.29 is 32.3 Å². The number of nitrogens with zero attached hydrogens (tertiary/aromatic N) is 3. The number of carbonyl (C=O) groups excluding carboxylic acids is 3. The first-order chi connectivity index (χ1) is 17.3. The third kappa shape index (κ3) is 5.84. The highest BCUT2D eigenvalue weighted by Crippen LogP contribution is 2.48. The second-order valence-corrected chi connectivity index (χ2v) is 11.2. The van der Waals surface area contributed by atoms with Gasteiger partial charge in [-0.2, -0.15) is 5.26 Å². The van der Waals surface area contributed by atoms with Gasteiger partial charge >= 0.3 is 6.09 Å². The van der Waals surface area contributed by atoms with Crippen molar-refractivity contribution in [2.45, 2.75) is 70.6 Å². The number of halogens is 3. The summed E-state index contributed by atoms with van der Waals surface area (Å²) in [6, 6.07) is 2.10. The fourth-order valence-corrected chi connectivity index (χ4v) is 5.20. The highest BCUT2D eigenvalue weighted by Gasteiger charge is 2.55. The summed E-state index contributed by atoms with van der Waals surface area (Å²) in [5.41, 5.74) is -1.93. The fourth-order valence-electron chi connectivity index (χ4n) is 5.20. The van der Waals surface area contributed by atoms with Gasteiger partial charge in [-0.1, -0.05) is 0 Å². The van der Waals surface area contributed by atoms with E-state index in [-0.39, 0.29) is 42.2 Å². The van der Waals surface area contributed by atoms with E-state index >= 15 is 0 Å². The SMILES string of the molecule is CC(C)(C)OC(=O)NC(CC(=O)N1CCC2CN(C(=O)C3(C#N)CC3)CC21)Cc1cc(F)c(F)cc1F. The van der Waals surface area contributed by atoms with E-state index in [0.717, 1.165) is 0 Å². The van der Waals surface area contributed by atoms with Crippen LogP contribution in [0.3, 0.4) is 0 Å². The molecule has 8 nitrogen and oxygen atoms in total. The molecule has 2 heterocycles. The molecule has 0 bridgehead atoms. The first-order valence-electron chi connectivity index (χ1n) is 12.4. The Morgan fingerprint density at radius 1 is 1.16 bits per heavy atom. The molecule has 3 amide bonds. The molecule has 1 aromatic rings. The van der Waals surface area contributed by atoms with E-state index in [2.05, 4.69) is 11.4 Å². The zero-order chi connectivity index (χ0) is 27.1. The summed E-state index contributed by atoms with van der Waals surface area (Å²) < 4.78 is 46.8. The van der Waals surface area contributed by atoms with Crippen LogP contribution in [0, 0.1) is 40.1 Å². The van der Waals surface area contributed by atoms with Crippen LogP contribution in [-0.4, -0.2) is 65.0 Å². The molecule has 200 valence electrons. The molecule has 1 aromatic carbocycles. The van der Waals surface area contributed by atoms with Crippen molar-refractivity contribution >= 4 is 17.9 Å². The minimum Gasteiger partial charge on any atom is -0.444 e. The molecule has 3 fully saturated rings. The first-order valence-corrected chi connectivity index (χ1v) is 12.4. The van der Waals surface area contributed by atoms with Gasteiger partial charge in [-0.15, -0.1) is 0 Å². The van der Waals surface area contributed by atoms with Gasteiger partial charge in [0, 0.05) is 44.1 Å². The number of nitrogens with one attached hydrogen (secondary N) is 1. The summed E-state index contributed by atoms with van der Waals surface area (Å²) in [7, 11) is 0. The van der Waals surface area contributed by atoms with Gasteiger partial charge in [0.1, 0.15) is 16.8 Å². The lowest BCUT2D eigenvalue weighted by Gasteiger charge is -2.28. The lowest BCUT2D eigenvalue weighted by atomic mass is 10.0. The molecule has 3 aliphatic rings. The van der Waals surface area contributed by atoms with Crippen LogP contribution < -0.4 is 5.32 Å². The van der Waals surface area contributed by atoms with Gasteiger partial charge in [-0.3, -0.25) is 9.59 Å². The van der Waals surface area contributed by atoms with Crippen LogP contribution in [0.5, 0.6) is 0 Å². The maximum Gasteiger partial charge on any atom is 0.407 e. The van der Waals surface area contributed by atoms with Crippen LogP contribution in [-0.2, 0) is 20.7 Å². The fraction of sp³-hybridized carbons (Fsp3) is 0.615. The van der Waals surface area contributed by atoms with Crippen molar-refractivity contribution in [2.24, 2.45) is 11.3 Å². The number of fused-ring (bicyclic) bond motifs is 1. The van der Waals surface area contributed by atoms with Crippen LogP contribution in [0.15, 0.2) is 12.1 Å². The molecule has 2 saturated heterocycles. The number of hydrogen-bond donors (Lipinski definition) is 1. The monoisotopic (exact) mass is 520 g/mol. The molecule has 3 atom stereocenters. The molecule has 37 heavy (non-hydrogen) atoms. The molecule has 0 aromatic heterocycles. The normalized spacial score (nSPS) is 22.7. The predicted molar refractivity (Wildman–Crippen MR) is 125 cm³/mol. The quantitative estimate of drug-likeness (QED) is 0.580. The lowest BCUT2D eigenvalue weighted by molar-refractivity contribution is -0.136. The zero-order valence-corrected chi connectivity index (χ0v) is 21.2. The summed E-state index contributed by atoms with van der Waals surface area (Å²) in [6.45, 7) is 6.28. The molecule has 0 spiro atoms. The number of alkyl carbamates (subject to hydrolysis) is 1. The number of carbonyl (C=O) groups is 3. The van der Waals surface area contributed by atoms with Crippen LogP contribution in [0.2, 0.25) is 0 Å². The Hall–Kier alpha value is -3.29. The topological polar surface area (TPSA) is 103 Å². The second-order valence-electron chi connectivity index (χ2n) is 11.2. The average Bonchev–Trinajstić information content (AvgIpc) is 3.32. The van der Waals surface area contributed by atoms with Gasteiger partial charge in [0.25, 0.3) is 0 Å². The summed E-state index contributed by atoms with van der Waals surface area (Å²) in [5, 5.41) is 11.9. The molecule has 3 unspecified atom stereocenters. The van der Waals surface area contributed by atoms with Crippen LogP contribution in [0.25, 0.3) is 0 Å². The Morgan fingerprint density at radius 3 is 2.46 bits per heavy atom. The van der Waals surface area contributed by atoms with E-state index in [1.54, 1.807) is 30.6 Å². The van der Waals surface area contributed by atoms with E-state index in [9.17, 15) is 32.8 Å². The molecule has 11 heteroatoms. The van der Waals surface area contributed by atoms with E-state index in [1.807, 2.05) is 0 Å². The molecule has 2 aliphatic heterocycles. The van der Waals surface area contributed by atoms with Gasteiger partial charge in [-0.25, -0.2) is 18.0 Å². The lowest BCUT2D eigenvalue weighted by Crippen LogP contribution is -2.46. The Morgan fingerprint density at radius 2 is 1.84 bits per heavy atom. The molecule has 1 saturated carbocycles. The van der Waals surface area contributed by atoms with Crippen LogP contribution in [0.1, 0.15) is 52.0 Å². The molecular weight excluding hydrogens is 489 g/mol. The third-order valence-corrected chi connectivity index (χ3v) is 7.23. The Balaban J connectivity index is 1.46. The molecule has 4 rings (SSSR count). The van der Waals surface area contributed by atoms with E-state index < -0.39 is 40.6 Å². The highest BCUT2D eigenvalue weighted by molar-refractivity contribution is 5.88. The zero-order valence-electron chi connectivity index (χ0n) is 21.2. The first kappa shape index (κ1) is 26.8. The van der Waals surface area contributed by atoms with Crippen molar-refractivity contribution in [3.63, 3.8) is 0 Å². The molecule has 1 N–H and O–H groups in total. The second kappa shape index (κ2) is 9.88. The van der Waals surface area contributed by atoms with Gasteiger partial charge in [0.15, 0.2) is 11.6 Å². The highest BCUT2D eigenvalue weighted by atomic mass is 19.2. The third-order valence-electron chi connectivity index (χ3n) is 7.23. The van der Waals surface area contributed by atoms with Crippen molar-refractivity contribution in [3.05, 3.63) is 35.1 Å². The average molecular weight is 521 g/mol. The van der Waals surface area contributed by atoms with Crippen molar-refractivity contribution in [1.29, 1.82) is 5.26 Å².